The van der Waals surface area contributed by atoms with Gasteiger partial charge in [-0.25, -0.2) is 5.43 Å². The Bertz CT molecular complexity index is 1280. The van der Waals surface area contributed by atoms with Gasteiger partial charge < -0.3 is 4.74 Å². The Morgan fingerprint density at radius 3 is 2.61 bits per heavy atom. The minimum absolute atomic E-state index is 0.0179. The third-order valence-electron chi connectivity index (χ3n) is 4.68. The summed E-state index contributed by atoms with van der Waals surface area (Å²) in [5, 5.41) is 21.5. The maximum atomic E-state index is 12.3. The number of nitrogens with zero attached hydrogens (tertiary/aromatic N) is 3. The SMILES string of the molecule is O=C(NN=Cc1ccc([N+](=O)[O-])cc1)c1cc(-c2cccc(OCc3ccccc3)c2)n[nH]1. The van der Waals surface area contributed by atoms with E-state index in [4.69, 9.17) is 4.74 Å². The molecule has 0 aliphatic rings. The number of benzene rings is 3. The number of rotatable bonds is 8. The summed E-state index contributed by atoms with van der Waals surface area (Å²) in [6.07, 6.45) is 1.40. The van der Waals surface area contributed by atoms with Crippen molar-refractivity contribution in [3.8, 4) is 17.0 Å². The molecule has 1 amide bonds. The van der Waals surface area contributed by atoms with Crippen LogP contribution in [-0.2, 0) is 6.61 Å². The first-order chi connectivity index (χ1) is 16.1. The monoisotopic (exact) mass is 441 g/mol. The van der Waals surface area contributed by atoms with E-state index in [1.165, 1.54) is 30.5 Å². The Morgan fingerprint density at radius 2 is 1.85 bits per heavy atom. The fraction of sp³-hybridized carbons (Fsp3) is 0.0417. The second kappa shape index (κ2) is 10.0. The second-order valence-electron chi connectivity index (χ2n) is 7.02. The standard InChI is InChI=1S/C24H19N5O4/c30-24(28-25-15-17-9-11-20(12-10-17)29(31)32)23-14-22(26-27-23)19-7-4-8-21(13-19)33-16-18-5-2-1-3-6-18/h1-15H,16H2,(H,26,27)(H,28,30). The predicted octanol–water partition coefficient (Wildman–Crippen LogP) is 4.33. The van der Waals surface area contributed by atoms with Crippen LogP contribution < -0.4 is 10.2 Å². The number of nitrogens with one attached hydrogen (secondary N) is 2. The smallest absolute Gasteiger partial charge is 0.289 e. The molecule has 1 aromatic heterocycles. The maximum Gasteiger partial charge on any atom is 0.289 e. The van der Waals surface area contributed by atoms with E-state index in [0.29, 0.717) is 23.6 Å². The molecule has 164 valence electrons. The van der Waals surface area contributed by atoms with Crippen molar-refractivity contribution < 1.29 is 14.5 Å². The first kappa shape index (κ1) is 21.4. The highest BCUT2D eigenvalue weighted by atomic mass is 16.6. The summed E-state index contributed by atoms with van der Waals surface area (Å²) in [6.45, 7) is 0.450. The van der Waals surface area contributed by atoms with Crippen molar-refractivity contribution in [2.24, 2.45) is 5.10 Å². The van der Waals surface area contributed by atoms with Crippen LogP contribution in [0.15, 0.2) is 90.0 Å². The molecule has 0 bridgehead atoms. The van der Waals surface area contributed by atoms with E-state index in [9.17, 15) is 14.9 Å². The van der Waals surface area contributed by atoms with Crippen molar-refractivity contribution in [2.45, 2.75) is 6.61 Å². The van der Waals surface area contributed by atoms with Crippen LogP contribution in [-0.4, -0.2) is 27.2 Å². The highest BCUT2D eigenvalue weighted by Crippen LogP contribution is 2.23. The van der Waals surface area contributed by atoms with Crippen LogP contribution in [0.5, 0.6) is 5.75 Å². The molecule has 0 spiro atoms. The first-order valence-corrected chi connectivity index (χ1v) is 9.99. The average molecular weight is 441 g/mol. The molecule has 4 aromatic rings. The molecule has 0 atom stereocenters. The van der Waals surface area contributed by atoms with Gasteiger partial charge in [-0.15, -0.1) is 0 Å². The molecule has 0 saturated carbocycles. The van der Waals surface area contributed by atoms with Crippen molar-refractivity contribution >= 4 is 17.8 Å². The average Bonchev–Trinajstić information content (AvgIpc) is 3.34. The molecule has 2 N–H and O–H groups in total. The van der Waals surface area contributed by atoms with Gasteiger partial charge in [0.15, 0.2) is 0 Å². The lowest BCUT2D eigenvalue weighted by molar-refractivity contribution is -0.384. The van der Waals surface area contributed by atoms with E-state index in [1.807, 2.05) is 54.6 Å². The summed E-state index contributed by atoms with van der Waals surface area (Å²) in [6, 6.07) is 24.7. The number of H-pyrrole nitrogens is 1. The summed E-state index contributed by atoms with van der Waals surface area (Å²) in [5.74, 6) is 0.224. The Balaban J connectivity index is 1.37. The maximum absolute atomic E-state index is 12.3. The topological polar surface area (TPSA) is 123 Å². The van der Waals surface area contributed by atoms with Gasteiger partial charge in [0, 0.05) is 17.7 Å². The van der Waals surface area contributed by atoms with E-state index in [0.717, 1.165) is 11.1 Å². The fourth-order valence-corrected chi connectivity index (χ4v) is 2.98. The third kappa shape index (κ3) is 5.67. The van der Waals surface area contributed by atoms with Crippen molar-refractivity contribution in [3.63, 3.8) is 0 Å². The Kier molecular flexibility index (Phi) is 6.51. The van der Waals surface area contributed by atoms with Gasteiger partial charge in [0.1, 0.15) is 18.1 Å². The molecule has 9 heteroatoms. The van der Waals surface area contributed by atoms with Gasteiger partial charge in [0.25, 0.3) is 11.6 Å². The molecule has 0 aliphatic carbocycles. The number of nitro benzene ring substituents is 1. The van der Waals surface area contributed by atoms with Crippen LogP contribution in [0.2, 0.25) is 0 Å². The Morgan fingerprint density at radius 1 is 1.06 bits per heavy atom. The van der Waals surface area contributed by atoms with Gasteiger partial charge in [-0.05, 0) is 41.5 Å². The highest BCUT2D eigenvalue weighted by molar-refractivity contribution is 5.94. The molecule has 0 unspecified atom stereocenters. The lowest BCUT2D eigenvalue weighted by Crippen LogP contribution is -2.17. The second-order valence-corrected chi connectivity index (χ2v) is 7.02. The number of nitro groups is 1. The van der Waals surface area contributed by atoms with Gasteiger partial charge >= 0.3 is 0 Å². The van der Waals surface area contributed by atoms with E-state index in [-0.39, 0.29) is 11.4 Å². The summed E-state index contributed by atoms with van der Waals surface area (Å²) >= 11 is 0. The van der Waals surface area contributed by atoms with Gasteiger partial charge in [-0.2, -0.15) is 10.2 Å². The van der Waals surface area contributed by atoms with Crippen molar-refractivity contribution in [2.75, 3.05) is 0 Å². The highest BCUT2D eigenvalue weighted by Gasteiger charge is 2.11. The lowest BCUT2D eigenvalue weighted by Gasteiger charge is -2.07. The van der Waals surface area contributed by atoms with Crippen LogP contribution in [0, 0.1) is 10.1 Å². The molecular formula is C24H19N5O4. The number of hydrogen-bond donors (Lipinski definition) is 2. The molecule has 4 rings (SSSR count). The number of carbonyl (C=O) groups is 1. The number of aromatic amines is 1. The van der Waals surface area contributed by atoms with Gasteiger partial charge in [0.2, 0.25) is 0 Å². The molecule has 0 radical (unpaired) electrons. The van der Waals surface area contributed by atoms with Gasteiger partial charge in [-0.3, -0.25) is 20.0 Å². The number of aromatic nitrogens is 2. The Hall–Kier alpha value is -4.79. The summed E-state index contributed by atoms with van der Waals surface area (Å²) in [5.41, 5.74) is 5.68. The van der Waals surface area contributed by atoms with Crippen molar-refractivity contribution in [1.82, 2.24) is 15.6 Å². The summed E-state index contributed by atoms with van der Waals surface area (Å²) < 4.78 is 5.85. The predicted molar refractivity (Wildman–Crippen MR) is 123 cm³/mol. The van der Waals surface area contributed by atoms with Crippen molar-refractivity contribution in [1.29, 1.82) is 0 Å². The van der Waals surface area contributed by atoms with E-state index in [2.05, 4.69) is 20.7 Å². The van der Waals surface area contributed by atoms with Crippen LogP contribution >= 0.6 is 0 Å². The first-order valence-electron chi connectivity index (χ1n) is 9.99. The van der Waals surface area contributed by atoms with E-state index in [1.54, 1.807) is 6.07 Å². The molecule has 0 saturated heterocycles. The minimum atomic E-state index is -0.483. The number of ether oxygens (including phenoxy) is 1. The summed E-state index contributed by atoms with van der Waals surface area (Å²) in [7, 11) is 0. The molecule has 0 fully saturated rings. The third-order valence-corrected chi connectivity index (χ3v) is 4.68. The molecule has 1 heterocycles. The van der Waals surface area contributed by atoms with Crippen LogP contribution in [0.4, 0.5) is 5.69 Å². The lowest BCUT2D eigenvalue weighted by atomic mass is 10.1. The fourth-order valence-electron chi connectivity index (χ4n) is 2.98. The van der Waals surface area contributed by atoms with Crippen LogP contribution in [0.25, 0.3) is 11.3 Å². The number of hydrogen-bond acceptors (Lipinski definition) is 6. The zero-order valence-corrected chi connectivity index (χ0v) is 17.3. The van der Waals surface area contributed by atoms with Gasteiger partial charge in [-0.1, -0.05) is 42.5 Å². The van der Waals surface area contributed by atoms with E-state index < -0.39 is 10.8 Å². The van der Waals surface area contributed by atoms with Crippen molar-refractivity contribution in [3.05, 3.63) is 112 Å². The van der Waals surface area contributed by atoms with E-state index >= 15 is 0 Å². The van der Waals surface area contributed by atoms with Crippen LogP contribution in [0.1, 0.15) is 21.6 Å². The molecule has 0 aliphatic heterocycles. The number of non-ortho nitro benzene ring substituents is 1. The quantitative estimate of drug-likeness (QED) is 0.239. The summed E-state index contributed by atoms with van der Waals surface area (Å²) in [4.78, 5) is 22.5. The molecule has 3 aromatic carbocycles. The zero-order valence-electron chi connectivity index (χ0n) is 17.3. The normalized spacial score (nSPS) is 10.8. The minimum Gasteiger partial charge on any atom is -0.489 e. The largest absolute Gasteiger partial charge is 0.489 e. The molecule has 33 heavy (non-hydrogen) atoms. The molecular weight excluding hydrogens is 422 g/mol. The Labute approximate surface area is 188 Å². The van der Waals surface area contributed by atoms with Gasteiger partial charge in [0.05, 0.1) is 16.8 Å². The number of carbonyl (C=O) groups excluding carboxylic acids is 1. The molecule has 9 nitrogen and oxygen atoms in total. The zero-order chi connectivity index (χ0) is 23.0. The van der Waals surface area contributed by atoms with Crippen LogP contribution in [0.3, 0.4) is 0 Å². The number of amides is 1. The number of hydrazone groups is 1.